The lowest BCUT2D eigenvalue weighted by molar-refractivity contribution is 0.578. The second-order valence-electron chi connectivity index (χ2n) is 2.33. The molecule has 0 bridgehead atoms. The van der Waals surface area contributed by atoms with Crippen molar-refractivity contribution in [2.45, 2.75) is 0 Å². The lowest BCUT2D eigenvalue weighted by Crippen LogP contribution is -1.84. The van der Waals surface area contributed by atoms with Gasteiger partial charge in [-0.3, -0.25) is 5.10 Å². The summed E-state index contributed by atoms with van der Waals surface area (Å²) in [5.41, 5.74) is 6.90. The summed E-state index contributed by atoms with van der Waals surface area (Å²) in [6.45, 7) is 0. The molecule has 0 aliphatic heterocycles. The number of nitrogen functional groups attached to an aromatic ring is 1. The van der Waals surface area contributed by atoms with Crippen molar-refractivity contribution in [1.82, 2.24) is 10.2 Å². The molecule has 0 aromatic carbocycles. The van der Waals surface area contributed by atoms with Crippen LogP contribution in [0.25, 0.3) is 11.5 Å². The van der Waals surface area contributed by atoms with Gasteiger partial charge >= 0.3 is 0 Å². The summed E-state index contributed by atoms with van der Waals surface area (Å²) in [5.74, 6) is 0.678. The number of halogens is 1. The van der Waals surface area contributed by atoms with Crippen molar-refractivity contribution in [3.05, 3.63) is 23.0 Å². The summed E-state index contributed by atoms with van der Waals surface area (Å²) >= 11 is 3.27. The number of aromatic amines is 1. The van der Waals surface area contributed by atoms with Crippen molar-refractivity contribution in [1.29, 1.82) is 0 Å². The first kappa shape index (κ1) is 7.42. The van der Waals surface area contributed by atoms with Crippen LogP contribution in [0.4, 0.5) is 5.69 Å². The standard InChI is InChI=1S/C7H6BrN3O/c8-4-1-6(12-3-4)7-5(9)2-10-11-7/h1-3H,9H2,(H,10,11). The molecule has 62 valence electrons. The molecule has 0 saturated heterocycles. The summed E-state index contributed by atoms with van der Waals surface area (Å²) in [6, 6.07) is 1.82. The molecule has 3 N–H and O–H groups in total. The maximum absolute atomic E-state index is 5.61. The Kier molecular flexibility index (Phi) is 1.65. The molecule has 12 heavy (non-hydrogen) atoms. The minimum absolute atomic E-state index is 0.580. The van der Waals surface area contributed by atoms with E-state index in [4.69, 9.17) is 10.2 Å². The molecule has 0 amide bonds. The van der Waals surface area contributed by atoms with E-state index >= 15 is 0 Å². The number of hydrogen-bond acceptors (Lipinski definition) is 3. The van der Waals surface area contributed by atoms with Crippen LogP contribution in [0, 0.1) is 0 Å². The molecule has 0 aliphatic carbocycles. The third-order valence-electron chi connectivity index (χ3n) is 1.48. The summed E-state index contributed by atoms with van der Waals surface area (Å²) in [7, 11) is 0. The van der Waals surface area contributed by atoms with Crippen LogP contribution in [0.3, 0.4) is 0 Å². The van der Waals surface area contributed by atoms with Gasteiger partial charge in [-0.2, -0.15) is 5.10 Å². The molecule has 2 aromatic heterocycles. The van der Waals surface area contributed by atoms with Crippen molar-refractivity contribution in [2.75, 3.05) is 5.73 Å². The van der Waals surface area contributed by atoms with Gasteiger partial charge < -0.3 is 10.2 Å². The van der Waals surface area contributed by atoms with Gasteiger partial charge in [0.2, 0.25) is 0 Å². The highest BCUT2D eigenvalue weighted by atomic mass is 79.9. The van der Waals surface area contributed by atoms with Gasteiger partial charge in [-0.1, -0.05) is 0 Å². The third kappa shape index (κ3) is 1.12. The summed E-state index contributed by atoms with van der Waals surface area (Å²) in [4.78, 5) is 0. The summed E-state index contributed by atoms with van der Waals surface area (Å²) < 4.78 is 6.07. The molecule has 0 atom stereocenters. The van der Waals surface area contributed by atoms with Gasteiger partial charge in [0, 0.05) is 6.07 Å². The van der Waals surface area contributed by atoms with Crippen LogP contribution in [0.15, 0.2) is 27.4 Å². The molecule has 0 saturated carbocycles. The van der Waals surface area contributed by atoms with E-state index in [1.54, 1.807) is 12.5 Å². The van der Waals surface area contributed by atoms with Crippen molar-refractivity contribution in [2.24, 2.45) is 0 Å². The predicted molar refractivity (Wildman–Crippen MR) is 48.4 cm³/mol. The van der Waals surface area contributed by atoms with Crippen LogP contribution in [0.1, 0.15) is 0 Å². The third-order valence-corrected chi connectivity index (χ3v) is 1.90. The van der Waals surface area contributed by atoms with Crippen molar-refractivity contribution >= 4 is 21.6 Å². The molecule has 0 spiro atoms. The second kappa shape index (κ2) is 2.67. The second-order valence-corrected chi connectivity index (χ2v) is 3.25. The molecule has 2 heterocycles. The van der Waals surface area contributed by atoms with E-state index in [9.17, 15) is 0 Å². The van der Waals surface area contributed by atoms with E-state index in [0.717, 1.165) is 4.47 Å². The molecule has 0 aliphatic rings. The number of nitrogens with one attached hydrogen (secondary N) is 1. The molecular formula is C7H6BrN3O. The Balaban J connectivity index is 2.50. The van der Waals surface area contributed by atoms with Gasteiger partial charge in [0.25, 0.3) is 0 Å². The Morgan fingerprint density at radius 1 is 1.58 bits per heavy atom. The Bertz CT molecular complexity index is 393. The highest BCUT2D eigenvalue weighted by molar-refractivity contribution is 9.10. The van der Waals surface area contributed by atoms with E-state index in [-0.39, 0.29) is 0 Å². The highest BCUT2D eigenvalue weighted by Gasteiger charge is 2.07. The number of anilines is 1. The van der Waals surface area contributed by atoms with Gasteiger partial charge in [-0.05, 0) is 15.9 Å². The summed E-state index contributed by atoms with van der Waals surface area (Å²) in [5, 5.41) is 6.53. The number of H-pyrrole nitrogens is 1. The number of aromatic nitrogens is 2. The van der Waals surface area contributed by atoms with Crippen LogP contribution in [0.2, 0.25) is 0 Å². The van der Waals surface area contributed by atoms with E-state index in [1.165, 1.54) is 0 Å². The monoisotopic (exact) mass is 227 g/mol. The minimum Gasteiger partial charge on any atom is -0.461 e. The van der Waals surface area contributed by atoms with Gasteiger partial charge in [-0.15, -0.1) is 0 Å². The topological polar surface area (TPSA) is 67.8 Å². The minimum atomic E-state index is 0.580. The van der Waals surface area contributed by atoms with Crippen LogP contribution < -0.4 is 5.73 Å². The first-order chi connectivity index (χ1) is 5.77. The molecule has 0 fully saturated rings. The van der Waals surface area contributed by atoms with Crippen LogP contribution in [-0.4, -0.2) is 10.2 Å². The van der Waals surface area contributed by atoms with E-state index < -0.39 is 0 Å². The molecule has 0 unspecified atom stereocenters. The van der Waals surface area contributed by atoms with E-state index in [1.807, 2.05) is 6.07 Å². The Morgan fingerprint density at radius 3 is 2.92 bits per heavy atom. The Labute approximate surface area is 76.9 Å². The van der Waals surface area contributed by atoms with Gasteiger partial charge in [0.05, 0.1) is 16.4 Å². The number of nitrogens with two attached hydrogens (primary N) is 1. The van der Waals surface area contributed by atoms with Gasteiger partial charge in [-0.25, -0.2) is 0 Å². The van der Waals surface area contributed by atoms with Crippen molar-refractivity contribution in [3.8, 4) is 11.5 Å². The lowest BCUT2D eigenvalue weighted by atomic mass is 10.3. The zero-order valence-corrected chi connectivity index (χ0v) is 7.63. The predicted octanol–water partition coefficient (Wildman–Crippen LogP) is 2.01. The zero-order valence-electron chi connectivity index (χ0n) is 6.04. The SMILES string of the molecule is Nc1cn[nH]c1-c1cc(Br)co1. The maximum Gasteiger partial charge on any atom is 0.154 e. The Hall–Kier alpha value is -1.23. The molecule has 4 nitrogen and oxygen atoms in total. The Morgan fingerprint density at radius 2 is 2.42 bits per heavy atom. The average molecular weight is 228 g/mol. The smallest absolute Gasteiger partial charge is 0.154 e. The molecular weight excluding hydrogens is 222 g/mol. The van der Waals surface area contributed by atoms with Crippen LogP contribution >= 0.6 is 15.9 Å². The summed E-state index contributed by atoms with van der Waals surface area (Å²) in [6.07, 6.45) is 3.14. The zero-order chi connectivity index (χ0) is 8.55. The average Bonchev–Trinajstić information content (AvgIpc) is 2.58. The van der Waals surface area contributed by atoms with Crippen LogP contribution in [-0.2, 0) is 0 Å². The number of nitrogens with zero attached hydrogens (tertiary/aromatic N) is 1. The van der Waals surface area contributed by atoms with E-state index in [2.05, 4.69) is 26.1 Å². The quantitative estimate of drug-likeness (QED) is 0.784. The molecule has 5 heteroatoms. The van der Waals surface area contributed by atoms with Gasteiger partial charge in [0.15, 0.2) is 5.76 Å². The van der Waals surface area contributed by atoms with Crippen molar-refractivity contribution < 1.29 is 4.42 Å². The fourth-order valence-corrected chi connectivity index (χ4v) is 1.24. The fourth-order valence-electron chi connectivity index (χ4n) is 0.937. The number of hydrogen-bond donors (Lipinski definition) is 2. The van der Waals surface area contributed by atoms with E-state index in [0.29, 0.717) is 17.1 Å². The number of rotatable bonds is 1. The lowest BCUT2D eigenvalue weighted by Gasteiger charge is -1.90. The largest absolute Gasteiger partial charge is 0.461 e. The molecule has 0 radical (unpaired) electrons. The normalized spacial score (nSPS) is 10.4. The first-order valence-corrected chi connectivity index (χ1v) is 4.10. The fraction of sp³-hybridized carbons (Fsp3) is 0. The number of furan rings is 1. The highest BCUT2D eigenvalue weighted by Crippen LogP contribution is 2.26. The van der Waals surface area contributed by atoms with Crippen molar-refractivity contribution in [3.63, 3.8) is 0 Å². The molecule has 2 aromatic rings. The van der Waals surface area contributed by atoms with Crippen LogP contribution in [0.5, 0.6) is 0 Å². The molecule has 2 rings (SSSR count). The first-order valence-electron chi connectivity index (χ1n) is 3.30. The maximum atomic E-state index is 5.61. The van der Waals surface area contributed by atoms with Gasteiger partial charge in [0.1, 0.15) is 12.0 Å².